The molecule has 6 heteroatoms. The summed E-state index contributed by atoms with van der Waals surface area (Å²) in [5.41, 5.74) is 2.60. The van der Waals surface area contributed by atoms with Crippen LogP contribution in [0.3, 0.4) is 0 Å². The maximum Gasteiger partial charge on any atom is 0.251 e. The molecule has 0 bridgehead atoms. The SMILES string of the molecule is CC(C)C[C@H](NC(=O)c1ccc2ccccc2c1)C(=O)N[C@H]1CCN(Cc2ccc3ccccc3n2)C1. The van der Waals surface area contributed by atoms with E-state index < -0.39 is 6.04 Å². The van der Waals surface area contributed by atoms with E-state index in [2.05, 4.69) is 47.6 Å². The molecule has 0 saturated carbocycles. The van der Waals surface area contributed by atoms with E-state index >= 15 is 0 Å². The van der Waals surface area contributed by atoms with E-state index in [0.29, 0.717) is 12.0 Å². The molecule has 1 fully saturated rings. The molecule has 1 aliphatic rings. The number of rotatable bonds is 8. The van der Waals surface area contributed by atoms with Crippen LogP contribution in [0.1, 0.15) is 42.7 Å². The number of nitrogens with zero attached hydrogens (tertiary/aromatic N) is 2. The van der Waals surface area contributed by atoms with Crippen molar-refractivity contribution in [1.82, 2.24) is 20.5 Å². The van der Waals surface area contributed by atoms with Gasteiger partial charge in [0, 0.05) is 36.6 Å². The van der Waals surface area contributed by atoms with Gasteiger partial charge in [0.05, 0.1) is 11.2 Å². The molecule has 0 radical (unpaired) electrons. The van der Waals surface area contributed by atoms with Gasteiger partial charge in [-0.05, 0) is 53.8 Å². The quantitative estimate of drug-likeness (QED) is 0.365. The number of pyridine rings is 1. The Kier molecular flexibility index (Phi) is 7.47. The smallest absolute Gasteiger partial charge is 0.251 e. The van der Waals surface area contributed by atoms with Gasteiger partial charge in [-0.15, -0.1) is 0 Å². The molecule has 6 nitrogen and oxygen atoms in total. The van der Waals surface area contributed by atoms with Gasteiger partial charge in [0.2, 0.25) is 5.91 Å². The van der Waals surface area contributed by atoms with Gasteiger partial charge in [-0.25, -0.2) is 0 Å². The number of hydrogen-bond donors (Lipinski definition) is 2. The van der Waals surface area contributed by atoms with E-state index in [-0.39, 0.29) is 23.8 Å². The van der Waals surface area contributed by atoms with Crippen LogP contribution < -0.4 is 10.6 Å². The minimum Gasteiger partial charge on any atom is -0.350 e. The number of carbonyl (C=O) groups excluding carboxylic acids is 2. The average Bonchev–Trinajstić information content (AvgIpc) is 3.34. The normalized spacial score (nSPS) is 16.8. The van der Waals surface area contributed by atoms with E-state index in [9.17, 15) is 9.59 Å². The molecule has 2 atom stereocenters. The van der Waals surface area contributed by atoms with E-state index in [1.165, 1.54) is 0 Å². The third-order valence-corrected chi connectivity index (χ3v) is 7.00. The number of carbonyl (C=O) groups is 2. The lowest BCUT2D eigenvalue weighted by Gasteiger charge is -2.23. The van der Waals surface area contributed by atoms with Crippen LogP contribution in [0, 0.1) is 5.92 Å². The highest BCUT2D eigenvalue weighted by Gasteiger charge is 2.28. The number of amides is 2. The first-order valence-corrected chi connectivity index (χ1v) is 13.1. The van der Waals surface area contributed by atoms with Gasteiger partial charge in [0.25, 0.3) is 5.91 Å². The lowest BCUT2D eigenvalue weighted by Crippen LogP contribution is -2.50. The molecule has 0 spiro atoms. The fourth-order valence-corrected chi connectivity index (χ4v) is 5.10. The molecule has 190 valence electrons. The van der Waals surface area contributed by atoms with Crippen LogP contribution >= 0.6 is 0 Å². The van der Waals surface area contributed by atoms with Crippen LogP contribution in [-0.4, -0.2) is 46.9 Å². The average molecular weight is 495 g/mol. The Morgan fingerprint density at radius 3 is 2.49 bits per heavy atom. The number of aromatic nitrogens is 1. The molecule has 0 aliphatic carbocycles. The van der Waals surface area contributed by atoms with Crippen LogP contribution in [0.15, 0.2) is 78.9 Å². The van der Waals surface area contributed by atoms with Crippen LogP contribution in [0.4, 0.5) is 0 Å². The highest BCUT2D eigenvalue weighted by Crippen LogP contribution is 2.18. The first kappa shape index (κ1) is 24.9. The lowest BCUT2D eigenvalue weighted by atomic mass is 10.0. The molecular weight excluding hydrogens is 460 g/mol. The molecule has 5 rings (SSSR count). The van der Waals surface area contributed by atoms with E-state index in [4.69, 9.17) is 4.98 Å². The maximum absolute atomic E-state index is 13.3. The molecule has 1 saturated heterocycles. The van der Waals surface area contributed by atoms with Crippen molar-refractivity contribution in [3.8, 4) is 0 Å². The summed E-state index contributed by atoms with van der Waals surface area (Å²) >= 11 is 0. The second-order valence-corrected chi connectivity index (χ2v) is 10.4. The third-order valence-electron chi connectivity index (χ3n) is 7.00. The Morgan fingerprint density at radius 1 is 0.946 bits per heavy atom. The summed E-state index contributed by atoms with van der Waals surface area (Å²) in [7, 11) is 0. The molecular formula is C31H34N4O2. The van der Waals surface area contributed by atoms with Gasteiger partial charge < -0.3 is 10.6 Å². The number of hydrogen-bond acceptors (Lipinski definition) is 4. The van der Waals surface area contributed by atoms with Gasteiger partial charge in [-0.2, -0.15) is 0 Å². The predicted octanol–water partition coefficient (Wildman–Crippen LogP) is 4.92. The van der Waals surface area contributed by atoms with Gasteiger partial charge in [0.1, 0.15) is 6.04 Å². The molecule has 2 amide bonds. The first-order chi connectivity index (χ1) is 17.9. The van der Waals surface area contributed by atoms with Gasteiger partial charge in [-0.1, -0.05) is 68.4 Å². The number of nitrogens with one attached hydrogen (secondary N) is 2. The molecule has 2 N–H and O–H groups in total. The minimum absolute atomic E-state index is 0.0557. The number of para-hydroxylation sites is 1. The highest BCUT2D eigenvalue weighted by atomic mass is 16.2. The van der Waals surface area contributed by atoms with Crippen molar-refractivity contribution in [2.45, 2.75) is 45.3 Å². The fraction of sp³-hybridized carbons (Fsp3) is 0.323. The van der Waals surface area contributed by atoms with Crippen LogP contribution in [-0.2, 0) is 11.3 Å². The summed E-state index contributed by atoms with van der Waals surface area (Å²) in [6, 6.07) is 25.4. The Hall–Kier alpha value is -3.77. The lowest BCUT2D eigenvalue weighted by molar-refractivity contribution is -0.124. The third kappa shape index (κ3) is 6.15. The maximum atomic E-state index is 13.3. The standard InChI is InChI=1S/C31H34N4O2/c1-21(2)17-29(34-30(36)25-12-11-22-7-3-4-9-24(22)18-25)31(37)33-27-15-16-35(20-27)19-26-14-13-23-8-5-6-10-28(23)32-26/h3-14,18,21,27,29H,15-17,19-20H2,1-2H3,(H,33,37)(H,34,36)/t27-,29-/m0/s1. The van der Waals surface area contributed by atoms with Crippen LogP contribution in [0.2, 0.25) is 0 Å². The highest BCUT2D eigenvalue weighted by molar-refractivity contribution is 6.00. The molecule has 1 aromatic heterocycles. The minimum atomic E-state index is -0.574. The summed E-state index contributed by atoms with van der Waals surface area (Å²) in [5.74, 6) is -0.0628. The van der Waals surface area contributed by atoms with Crippen molar-refractivity contribution >= 4 is 33.5 Å². The number of likely N-dealkylation sites (tertiary alicyclic amines) is 1. The molecule has 2 heterocycles. The van der Waals surface area contributed by atoms with Crippen molar-refractivity contribution in [2.24, 2.45) is 5.92 Å². The first-order valence-electron chi connectivity index (χ1n) is 13.1. The molecule has 3 aromatic carbocycles. The summed E-state index contributed by atoms with van der Waals surface area (Å²) in [4.78, 5) is 33.4. The van der Waals surface area contributed by atoms with Crippen molar-refractivity contribution in [3.63, 3.8) is 0 Å². The second-order valence-electron chi connectivity index (χ2n) is 10.4. The van der Waals surface area contributed by atoms with Crippen molar-refractivity contribution < 1.29 is 9.59 Å². The Bertz CT molecular complexity index is 1420. The fourth-order valence-electron chi connectivity index (χ4n) is 5.10. The van der Waals surface area contributed by atoms with Crippen LogP contribution in [0.25, 0.3) is 21.7 Å². The van der Waals surface area contributed by atoms with Crippen molar-refractivity contribution in [1.29, 1.82) is 0 Å². The van der Waals surface area contributed by atoms with Crippen molar-refractivity contribution in [3.05, 3.63) is 90.1 Å². The molecule has 4 aromatic rings. The monoisotopic (exact) mass is 494 g/mol. The summed E-state index contributed by atoms with van der Waals surface area (Å²) < 4.78 is 0. The number of benzene rings is 3. The Morgan fingerprint density at radius 2 is 1.68 bits per heavy atom. The predicted molar refractivity (Wildman–Crippen MR) is 148 cm³/mol. The topological polar surface area (TPSA) is 74.3 Å². The van der Waals surface area contributed by atoms with Crippen molar-refractivity contribution in [2.75, 3.05) is 13.1 Å². The van der Waals surface area contributed by atoms with E-state index in [0.717, 1.165) is 53.4 Å². The van der Waals surface area contributed by atoms with E-state index in [1.54, 1.807) is 0 Å². The number of fused-ring (bicyclic) bond motifs is 2. The molecule has 0 unspecified atom stereocenters. The zero-order valence-electron chi connectivity index (χ0n) is 21.5. The van der Waals surface area contributed by atoms with E-state index in [1.807, 2.05) is 60.7 Å². The zero-order valence-corrected chi connectivity index (χ0v) is 21.5. The van der Waals surface area contributed by atoms with Gasteiger partial charge >= 0.3 is 0 Å². The summed E-state index contributed by atoms with van der Waals surface area (Å²) in [5, 5.41) is 9.43. The van der Waals surface area contributed by atoms with Gasteiger partial charge in [-0.3, -0.25) is 19.5 Å². The molecule has 1 aliphatic heterocycles. The zero-order chi connectivity index (χ0) is 25.8. The van der Waals surface area contributed by atoms with Gasteiger partial charge in [0.15, 0.2) is 0 Å². The largest absolute Gasteiger partial charge is 0.350 e. The summed E-state index contributed by atoms with van der Waals surface area (Å²) in [6.07, 6.45) is 1.47. The Balaban J connectivity index is 1.19. The second kappa shape index (κ2) is 11.1. The summed E-state index contributed by atoms with van der Waals surface area (Å²) in [6.45, 7) is 6.56. The molecule has 37 heavy (non-hydrogen) atoms. The Labute approximate surface area is 218 Å². The van der Waals surface area contributed by atoms with Crippen LogP contribution in [0.5, 0.6) is 0 Å².